The minimum atomic E-state index is -1.09. The molecule has 13 heteroatoms. The number of ketones is 1. The Hall–Kier alpha value is -3.38. The van der Waals surface area contributed by atoms with Crippen LogP contribution in [-0.2, 0) is 19.2 Å². The fraction of sp³-hybridized carbons (Fsp3) is 0.818. The lowest BCUT2D eigenvalue weighted by atomic mass is 9.80. The normalized spacial score (nSPS) is 26.1. The van der Waals surface area contributed by atoms with Gasteiger partial charge >= 0.3 is 12.1 Å². The van der Waals surface area contributed by atoms with Gasteiger partial charge in [-0.25, -0.2) is 9.59 Å². The summed E-state index contributed by atoms with van der Waals surface area (Å²) < 4.78 is 0. The van der Waals surface area contributed by atoms with Gasteiger partial charge in [-0.1, -0.05) is 67.7 Å². The minimum absolute atomic E-state index is 0.0200. The lowest BCUT2D eigenvalue weighted by Gasteiger charge is -2.39. The van der Waals surface area contributed by atoms with E-state index in [1.54, 1.807) is 21.7 Å². The standard InChI is InChI=1S/C33H55N7O6/c1-18(2)22(17-39-14-10-13-38(8)31(39)46)36-30(45)37-26(32(3,4)5)29(44)40-16-20-23(33(20,6)7)24(40)28(43)35-21(25(41)27(34)42)15-19-11-9-12-19/h18-24,26H,9-17H2,1-8H3,(H2,34,42)(H,35,43)(H2,36,37,45)/t20-,21?,22+,23-,24-,26+/m0/s1. The van der Waals surface area contributed by atoms with Crippen LogP contribution in [0.5, 0.6) is 0 Å². The molecule has 7 amide bonds. The summed E-state index contributed by atoms with van der Waals surface area (Å²) >= 11 is 0. The van der Waals surface area contributed by atoms with Crippen LogP contribution in [0.15, 0.2) is 0 Å². The zero-order valence-electron chi connectivity index (χ0n) is 28.9. The van der Waals surface area contributed by atoms with E-state index in [2.05, 4.69) is 29.8 Å². The van der Waals surface area contributed by atoms with Crippen LogP contribution in [0.1, 0.15) is 80.6 Å². The average Bonchev–Trinajstić information content (AvgIpc) is 3.25. The summed E-state index contributed by atoms with van der Waals surface area (Å²) in [7, 11) is 1.76. The first kappa shape index (κ1) is 35.5. The third-order valence-electron chi connectivity index (χ3n) is 10.9. The van der Waals surface area contributed by atoms with E-state index in [4.69, 9.17) is 5.73 Å². The molecule has 0 aromatic carbocycles. The Balaban J connectivity index is 1.49. The van der Waals surface area contributed by atoms with Crippen LogP contribution >= 0.6 is 0 Å². The Bertz CT molecular complexity index is 1230. The molecule has 46 heavy (non-hydrogen) atoms. The van der Waals surface area contributed by atoms with E-state index in [9.17, 15) is 28.8 Å². The smallest absolute Gasteiger partial charge is 0.319 e. The molecule has 0 aromatic heterocycles. The molecule has 2 saturated heterocycles. The van der Waals surface area contributed by atoms with Crippen molar-refractivity contribution in [1.29, 1.82) is 0 Å². The van der Waals surface area contributed by atoms with Crippen LogP contribution in [0.4, 0.5) is 9.59 Å². The van der Waals surface area contributed by atoms with Crippen LogP contribution < -0.4 is 21.7 Å². The van der Waals surface area contributed by atoms with Gasteiger partial charge in [0, 0.05) is 33.2 Å². The number of nitrogens with one attached hydrogen (secondary N) is 3. The van der Waals surface area contributed by atoms with Gasteiger partial charge in [-0.15, -0.1) is 0 Å². The number of Topliss-reactive ketones (excluding diaryl/α,β-unsaturated/α-hetero) is 1. The molecule has 4 fully saturated rings. The van der Waals surface area contributed by atoms with Crippen LogP contribution in [0, 0.1) is 34.5 Å². The molecular formula is C33H55N7O6. The maximum absolute atomic E-state index is 14.3. The number of urea groups is 2. The van der Waals surface area contributed by atoms with Crippen molar-refractivity contribution in [2.45, 2.75) is 105 Å². The van der Waals surface area contributed by atoms with Crippen molar-refractivity contribution >= 4 is 35.6 Å². The summed E-state index contributed by atoms with van der Waals surface area (Å²) in [5.41, 5.74) is 4.45. The van der Waals surface area contributed by atoms with Gasteiger partial charge in [-0.2, -0.15) is 0 Å². The molecule has 5 N–H and O–H groups in total. The topological polar surface area (TPSA) is 174 Å². The van der Waals surface area contributed by atoms with Crippen molar-refractivity contribution in [2.75, 3.05) is 33.2 Å². The molecule has 0 aromatic rings. The Labute approximate surface area is 273 Å². The number of likely N-dealkylation sites (tertiary alicyclic amines) is 1. The van der Waals surface area contributed by atoms with Gasteiger partial charge in [0.05, 0.1) is 12.1 Å². The largest absolute Gasteiger partial charge is 0.363 e. The second kappa shape index (κ2) is 13.4. The second-order valence-corrected chi connectivity index (χ2v) is 16.0. The molecule has 1 unspecified atom stereocenters. The van der Waals surface area contributed by atoms with Crippen LogP contribution in [0.3, 0.4) is 0 Å². The van der Waals surface area contributed by atoms with Crippen molar-refractivity contribution in [3.05, 3.63) is 0 Å². The highest BCUT2D eigenvalue weighted by atomic mass is 16.2. The van der Waals surface area contributed by atoms with E-state index in [1.165, 1.54) is 0 Å². The summed E-state index contributed by atoms with van der Waals surface area (Å²) in [6, 6.07) is -3.79. The molecule has 258 valence electrons. The highest BCUT2D eigenvalue weighted by molar-refractivity contribution is 6.37. The molecule has 0 bridgehead atoms. The molecule has 2 heterocycles. The Morgan fingerprint density at radius 3 is 2.20 bits per heavy atom. The fourth-order valence-corrected chi connectivity index (χ4v) is 7.45. The molecule has 0 radical (unpaired) electrons. The van der Waals surface area contributed by atoms with Crippen molar-refractivity contribution in [3.8, 4) is 0 Å². The number of piperidine rings is 1. The summed E-state index contributed by atoms with van der Waals surface area (Å²) in [4.78, 5) is 83.9. The Kier molecular flexibility index (Phi) is 10.3. The lowest BCUT2D eigenvalue weighted by Crippen LogP contribution is -2.62. The first-order valence-corrected chi connectivity index (χ1v) is 16.9. The predicted molar refractivity (Wildman–Crippen MR) is 172 cm³/mol. The highest BCUT2D eigenvalue weighted by Crippen LogP contribution is 2.65. The maximum atomic E-state index is 14.3. The van der Waals surface area contributed by atoms with Crippen LogP contribution in [-0.4, -0.2) is 108 Å². The number of carbonyl (C=O) groups excluding carboxylic acids is 6. The zero-order valence-corrected chi connectivity index (χ0v) is 28.9. The first-order chi connectivity index (χ1) is 21.3. The highest BCUT2D eigenvalue weighted by Gasteiger charge is 2.70. The van der Waals surface area contributed by atoms with Crippen molar-refractivity contribution in [3.63, 3.8) is 0 Å². The number of primary amides is 1. The second-order valence-electron chi connectivity index (χ2n) is 16.0. The zero-order chi connectivity index (χ0) is 34.3. The first-order valence-electron chi connectivity index (χ1n) is 16.9. The van der Waals surface area contributed by atoms with Gasteiger partial charge in [-0.3, -0.25) is 19.2 Å². The molecular weight excluding hydrogens is 590 g/mol. The summed E-state index contributed by atoms with van der Waals surface area (Å²) in [5, 5.41) is 8.70. The van der Waals surface area contributed by atoms with Crippen LogP contribution in [0.2, 0.25) is 0 Å². The summed E-state index contributed by atoms with van der Waals surface area (Å²) in [6.45, 7) is 15.6. The molecule has 4 rings (SSSR count). The number of nitrogens with zero attached hydrogens (tertiary/aromatic N) is 3. The van der Waals surface area contributed by atoms with Crippen molar-refractivity contribution in [1.82, 2.24) is 30.7 Å². The average molecular weight is 646 g/mol. The van der Waals surface area contributed by atoms with Gasteiger partial charge < -0.3 is 36.4 Å². The van der Waals surface area contributed by atoms with E-state index < -0.39 is 47.2 Å². The van der Waals surface area contributed by atoms with Crippen molar-refractivity contribution < 1.29 is 28.8 Å². The molecule has 13 nitrogen and oxygen atoms in total. The lowest BCUT2D eigenvalue weighted by molar-refractivity contribution is -0.145. The number of nitrogens with two attached hydrogens (primary N) is 1. The molecule has 6 atom stereocenters. The van der Waals surface area contributed by atoms with E-state index >= 15 is 0 Å². The molecule has 2 aliphatic carbocycles. The third-order valence-corrected chi connectivity index (χ3v) is 10.9. The molecule has 2 saturated carbocycles. The maximum Gasteiger partial charge on any atom is 0.319 e. The number of hydrogen-bond acceptors (Lipinski definition) is 6. The van der Waals surface area contributed by atoms with Crippen molar-refractivity contribution in [2.24, 2.45) is 40.2 Å². The minimum Gasteiger partial charge on any atom is -0.363 e. The third kappa shape index (κ3) is 7.43. The van der Waals surface area contributed by atoms with E-state index in [1.807, 2.05) is 34.6 Å². The van der Waals surface area contributed by atoms with Gasteiger partial charge in [0.1, 0.15) is 12.1 Å². The van der Waals surface area contributed by atoms with E-state index in [0.29, 0.717) is 32.6 Å². The van der Waals surface area contributed by atoms with Gasteiger partial charge in [0.25, 0.3) is 5.91 Å². The summed E-state index contributed by atoms with van der Waals surface area (Å²) in [6.07, 6.45) is 4.08. The van der Waals surface area contributed by atoms with Gasteiger partial charge in [-0.05, 0) is 47.3 Å². The Morgan fingerprint density at radius 1 is 1.00 bits per heavy atom. The van der Waals surface area contributed by atoms with E-state index in [-0.39, 0.29) is 47.1 Å². The number of carbonyl (C=O) groups is 6. The number of hydrogen-bond donors (Lipinski definition) is 4. The number of fused-ring (bicyclic) bond motifs is 1. The number of rotatable bonds is 12. The molecule has 2 aliphatic heterocycles. The Morgan fingerprint density at radius 2 is 1.65 bits per heavy atom. The monoisotopic (exact) mass is 645 g/mol. The quantitative estimate of drug-likeness (QED) is 0.235. The summed E-state index contributed by atoms with van der Waals surface area (Å²) in [5.74, 6) is -2.55. The fourth-order valence-electron chi connectivity index (χ4n) is 7.45. The molecule has 4 aliphatic rings. The van der Waals surface area contributed by atoms with Crippen LogP contribution in [0.25, 0.3) is 0 Å². The number of amides is 7. The van der Waals surface area contributed by atoms with Gasteiger partial charge in [0.2, 0.25) is 17.6 Å². The molecule has 0 spiro atoms. The van der Waals surface area contributed by atoms with Gasteiger partial charge in [0.15, 0.2) is 0 Å². The predicted octanol–water partition coefficient (Wildman–Crippen LogP) is 1.69. The SMILES string of the molecule is CC(C)[C@@H](CN1CCCN(C)C1=O)NC(=O)N[C@H](C(=O)N1C[C@H]2[C@@H]([C@H]1C(=O)NC(CC1CCC1)C(=O)C(N)=O)C2(C)C)C(C)(C)C. The van der Waals surface area contributed by atoms with E-state index in [0.717, 1.165) is 25.7 Å².